The number of carboxylic acid groups (broad SMARTS) is 1. The van der Waals surface area contributed by atoms with Crippen molar-refractivity contribution >= 4 is 46.8 Å². The number of hydrogen-bond donors (Lipinski definition) is 1. The first kappa shape index (κ1) is 38.6. The Hall–Kier alpha value is -4.86. The van der Waals surface area contributed by atoms with Crippen molar-refractivity contribution in [1.29, 1.82) is 0 Å². The van der Waals surface area contributed by atoms with Crippen molar-refractivity contribution in [3.05, 3.63) is 130 Å². The minimum absolute atomic E-state index is 0. The minimum atomic E-state index is -0.987. The molecule has 0 aliphatic rings. The second-order valence-electron chi connectivity index (χ2n) is 10.3. The number of imidazole rings is 1. The molecule has 0 radical (unpaired) electrons. The number of isothiocyanates is 1. The number of aromatic carboxylic acids is 1. The molecule has 0 spiro atoms. The van der Waals surface area contributed by atoms with E-state index in [4.69, 9.17) is 10.5 Å². The van der Waals surface area contributed by atoms with Crippen LogP contribution in [0, 0.1) is 0 Å². The molecule has 1 N–H and O–H groups in total. The van der Waals surface area contributed by atoms with E-state index in [-0.39, 0.29) is 25.0 Å². The largest absolute Gasteiger partial charge is 2.00 e. The number of carbonyl (C=O) groups is 1. The van der Waals surface area contributed by atoms with Gasteiger partial charge in [0.1, 0.15) is 0 Å². The molecule has 12 heteroatoms. The van der Waals surface area contributed by atoms with Gasteiger partial charge in [-0.15, -0.1) is 11.3 Å². The van der Waals surface area contributed by atoms with Crippen molar-refractivity contribution in [2.45, 2.75) is 39.0 Å². The Labute approximate surface area is 308 Å². The summed E-state index contributed by atoms with van der Waals surface area (Å²) in [7, 11) is 0. The number of aryl methyl sites for hydroxylation is 1. The third-order valence-corrected chi connectivity index (χ3v) is 7.93. The summed E-state index contributed by atoms with van der Waals surface area (Å²) in [5.41, 5.74) is 4.72. The van der Waals surface area contributed by atoms with Crippen molar-refractivity contribution in [1.82, 2.24) is 29.9 Å². The Bertz CT molecular complexity index is 1940. The maximum atomic E-state index is 11.0. The normalized spacial score (nSPS) is 10.1. The molecular formula is C37H33N7O2RuS2. The average molecular weight is 773 g/mol. The van der Waals surface area contributed by atoms with Crippen LogP contribution in [0.25, 0.3) is 51.9 Å². The van der Waals surface area contributed by atoms with E-state index in [1.165, 1.54) is 65.3 Å². The van der Waals surface area contributed by atoms with Crippen molar-refractivity contribution < 1.29 is 29.4 Å². The van der Waals surface area contributed by atoms with Gasteiger partial charge in [-0.3, -0.25) is 15.0 Å². The van der Waals surface area contributed by atoms with Crippen LogP contribution in [0.4, 0.5) is 0 Å². The van der Waals surface area contributed by atoms with Gasteiger partial charge in [0.05, 0.1) is 34.0 Å². The van der Waals surface area contributed by atoms with Crippen LogP contribution in [0.1, 0.15) is 58.3 Å². The number of aromatic nitrogens is 6. The zero-order chi connectivity index (χ0) is 34.0. The molecule has 49 heavy (non-hydrogen) atoms. The van der Waals surface area contributed by atoms with Crippen LogP contribution >= 0.6 is 23.6 Å². The molecule has 0 atom stereocenters. The Morgan fingerprint density at radius 2 is 1.57 bits per heavy atom. The van der Waals surface area contributed by atoms with Crippen molar-refractivity contribution in [2.24, 2.45) is 0 Å². The number of pyridine rings is 4. The van der Waals surface area contributed by atoms with Crippen molar-refractivity contribution in [3.63, 3.8) is 0 Å². The number of rotatable bonds is 11. The molecule has 0 aromatic carbocycles. The minimum Gasteiger partial charge on any atom is -0.753 e. The first-order valence-corrected chi connectivity index (χ1v) is 16.5. The quantitative estimate of drug-likeness (QED) is 0.0592. The molecule has 0 bridgehead atoms. The van der Waals surface area contributed by atoms with Crippen LogP contribution in [0.15, 0.2) is 104 Å². The third-order valence-electron chi connectivity index (χ3n) is 6.82. The molecule has 9 nitrogen and oxygen atoms in total. The molecule has 0 saturated carbocycles. The molecule has 0 amide bonds. The predicted octanol–water partition coefficient (Wildman–Crippen LogP) is 9.02. The Morgan fingerprint density at radius 3 is 2.29 bits per heavy atom. The summed E-state index contributed by atoms with van der Waals surface area (Å²) < 4.78 is 0. The van der Waals surface area contributed by atoms with Crippen LogP contribution in [0.2, 0.25) is 0 Å². The molecular weight excluding hydrogens is 740 g/mol. The Balaban J connectivity index is 0.000000243. The standard InChI is InChI=1S/C20H22N3S.C16H11N3O2.CNS.Ru/c1-2-3-4-5-6-17-9-10-18(24-17)8-7-16-11-12-21-19(15-16)20-22-13-14-23-20;20-16(21)11-7-9-18-15(10-11)14-6-3-5-13(19-14)12-4-1-2-8-17-12;2-1-3;/h7-15H,2-6H2,1H3;1-10H,(H,20,21);;/q-1;;-1;+2/b8-7+;;;. The number of thiophene rings is 1. The van der Waals surface area contributed by atoms with Gasteiger partial charge >= 0.3 is 25.4 Å². The van der Waals surface area contributed by atoms with Gasteiger partial charge in [0.15, 0.2) is 0 Å². The summed E-state index contributed by atoms with van der Waals surface area (Å²) in [5.74, 6) is -0.310. The van der Waals surface area contributed by atoms with Crippen molar-refractivity contribution in [2.75, 3.05) is 0 Å². The number of carboxylic acids is 1. The predicted molar refractivity (Wildman–Crippen MR) is 195 cm³/mol. The van der Waals surface area contributed by atoms with E-state index in [1.54, 1.807) is 30.9 Å². The maximum Gasteiger partial charge on any atom is 2.00 e. The van der Waals surface area contributed by atoms with Gasteiger partial charge in [-0.1, -0.05) is 69.0 Å². The summed E-state index contributed by atoms with van der Waals surface area (Å²) in [6.45, 7) is 2.25. The monoisotopic (exact) mass is 773 g/mol. The second kappa shape index (κ2) is 21.2. The van der Waals surface area contributed by atoms with Gasteiger partial charge in [0.25, 0.3) is 0 Å². The van der Waals surface area contributed by atoms with E-state index in [1.807, 2.05) is 53.8 Å². The molecule has 6 aromatic rings. The van der Waals surface area contributed by atoms with Gasteiger partial charge in [-0.2, -0.15) is 5.16 Å². The summed E-state index contributed by atoms with van der Waals surface area (Å²) in [4.78, 5) is 39.4. The van der Waals surface area contributed by atoms with Gasteiger partial charge in [-0.25, -0.2) is 9.78 Å². The number of hydrogen-bond acceptors (Lipinski definition) is 8. The van der Waals surface area contributed by atoms with E-state index in [9.17, 15) is 4.79 Å². The van der Waals surface area contributed by atoms with E-state index < -0.39 is 5.97 Å². The molecule has 0 unspecified atom stereocenters. The fourth-order valence-electron chi connectivity index (χ4n) is 4.51. The van der Waals surface area contributed by atoms with Crippen LogP contribution in [0.5, 0.6) is 0 Å². The molecule has 0 aliphatic heterocycles. The SMILES string of the molecule is CCCCCCc1ccc(/C=C/c2ccnc(-c3ncc[n-]3)c2)s1.O=C(O)c1ccnc(-c2cccc(-c3ccccn3)n2)c1.[N-]=C=S.[Ru+2]. The van der Waals surface area contributed by atoms with Crippen LogP contribution < -0.4 is 4.98 Å². The second-order valence-corrected chi connectivity index (χ2v) is 11.6. The van der Waals surface area contributed by atoms with Crippen LogP contribution in [-0.4, -0.2) is 41.2 Å². The zero-order valence-electron chi connectivity index (χ0n) is 26.7. The topological polar surface area (TPSA) is 138 Å². The Morgan fingerprint density at radius 1 is 0.837 bits per heavy atom. The number of nitrogens with zero attached hydrogens (tertiary/aromatic N) is 7. The molecule has 248 valence electrons. The molecule has 6 aromatic heterocycles. The number of unbranched alkanes of at least 4 members (excludes halogenated alkanes) is 3. The molecule has 0 aliphatic carbocycles. The molecule has 6 rings (SSSR count). The van der Waals surface area contributed by atoms with Gasteiger partial charge in [-0.05, 0) is 91.0 Å². The van der Waals surface area contributed by atoms with Crippen LogP contribution in [0.3, 0.4) is 0 Å². The first-order valence-electron chi connectivity index (χ1n) is 15.3. The van der Waals surface area contributed by atoms with Gasteiger partial charge < -0.3 is 20.5 Å². The molecule has 0 fully saturated rings. The zero-order valence-corrected chi connectivity index (χ0v) is 30.0. The summed E-state index contributed by atoms with van der Waals surface area (Å²) in [6.07, 6.45) is 19.1. The molecule has 0 saturated heterocycles. The number of thiocarbonyl (C=S) groups is 1. The van der Waals surface area contributed by atoms with Crippen molar-refractivity contribution in [3.8, 4) is 34.3 Å². The van der Waals surface area contributed by atoms with Crippen LogP contribution in [-0.2, 0) is 25.9 Å². The van der Waals surface area contributed by atoms with Gasteiger partial charge in [0.2, 0.25) is 0 Å². The van der Waals surface area contributed by atoms with E-state index in [0.29, 0.717) is 17.2 Å². The Kier molecular flexibility index (Phi) is 16.7. The smallest absolute Gasteiger partial charge is 0.753 e. The first-order chi connectivity index (χ1) is 23.5. The maximum absolute atomic E-state index is 11.0. The third kappa shape index (κ3) is 12.6. The summed E-state index contributed by atoms with van der Waals surface area (Å²) in [6, 6.07) is 22.5. The van der Waals surface area contributed by atoms with E-state index in [0.717, 1.165) is 22.6 Å². The average Bonchev–Trinajstić information content (AvgIpc) is 3.84. The summed E-state index contributed by atoms with van der Waals surface area (Å²) in [5, 5.41) is 17.5. The summed E-state index contributed by atoms with van der Waals surface area (Å²) >= 11 is 5.58. The van der Waals surface area contributed by atoms with Gasteiger partial charge in [0, 0.05) is 28.3 Å². The molecule has 6 heterocycles. The van der Waals surface area contributed by atoms with E-state index in [2.05, 4.69) is 73.3 Å². The fraction of sp³-hybridized carbons (Fsp3) is 0.162. The van der Waals surface area contributed by atoms with E-state index >= 15 is 0 Å². The fourth-order valence-corrected chi connectivity index (χ4v) is 5.46.